The molecule has 0 bridgehead atoms. The topological polar surface area (TPSA) is 49.4 Å². The van der Waals surface area contributed by atoms with Crippen LogP contribution in [0.3, 0.4) is 0 Å². The van der Waals surface area contributed by atoms with Crippen LogP contribution in [-0.4, -0.2) is 25.8 Å². The minimum atomic E-state index is -3.41. The molecule has 170 valence electrons. The van der Waals surface area contributed by atoms with Gasteiger partial charge >= 0.3 is 0 Å². The van der Waals surface area contributed by atoms with Crippen molar-refractivity contribution in [1.82, 2.24) is 4.31 Å². The van der Waals surface area contributed by atoms with Crippen LogP contribution in [0.15, 0.2) is 53.4 Å². The Morgan fingerprint density at radius 1 is 0.844 bits per heavy atom. The molecule has 2 aromatic rings. The number of nitrogens with zero attached hydrogens (tertiary/aromatic N) is 1. The summed E-state index contributed by atoms with van der Waals surface area (Å²) in [7, 11) is -3.41. The Balaban J connectivity index is 1.41. The highest BCUT2D eigenvalue weighted by Crippen LogP contribution is 2.59. The van der Waals surface area contributed by atoms with Crippen molar-refractivity contribution < 1.29 is 8.42 Å². The van der Waals surface area contributed by atoms with E-state index < -0.39 is 10.0 Å². The SMILES string of the molecule is O=S(=O)(c1ccc2c(c1)C1CCC3CCCC3C1C(c1ccccc1)N2)N1CCCCC1. The van der Waals surface area contributed by atoms with Crippen LogP contribution in [0.5, 0.6) is 0 Å². The van der Waals surface area contributed by atoms with Gasteiger partial charge in [-0.15, -0.1) is 0 Å². The Morgan fingerprint density at radius 2 is 1.66 bits per heavy atom. The Hall–Kier alpha value is -1.85. The van der Waals surface area contributed by atoms with E-state index in [1.165, 1.54) is 43.2 Å². The molecule has 4 aliphatic rings. The third-order valence-corrected chi connectivity index (χ3v) is 10.6. The van der Waals surface area contributed by atoms with Gasteiger partial charge in [0.2, 0.25) is 10.0 Å². The molecule has 1 saturated heterocycles. The molecule has 4 nitrogen and oxygen atoms in total. The molecule has 5 atom stereocenters. The first kappa shape index (κ1) is 20.7. The third-order valence-electron chi connectivity index (χ3n) is 8.76. The minimum absolute atomic E-state index is 0.309. The van der Waals surface area contributed by atoms with Crippen LogP contribution >= 0.6 is 0 Å². The number of nitrogens with one attached hydrogen (secondary N) is 1. The zero-order valence-electron chi connectivity index (χ0n) is 18.7. The summed E-state index contributed by atoms with van der Waals surface area (Å²) in [6.45, 7) is 1.31. The molecule has 2 aliphatic carbocycles. The fourth-order valence-electron chi connectivity index (χ4n) is 7.28. The first-order chi connectivity index (χ1) is 15.6. The molecule has 0 aromatic heterocycles. The first-order valence-corrected chi connectivity index (χ1v) is 14.0. The van der Waals surface area contributed by atoms with Gasteiger partial charge in [0.15, 0.2) is 0 Å². The van der Waals surface area contributed by atoms with Gasteiger partial charge in [0.1, 0.15) is 0 Å². The third kappa shape index (κ3) is 3.40. The summed E-state index contributed by atoms with van der Waals surface area (Å²) in [6, 6.07) is 17.1. The molecule has 0 amide bonds. The van der Waals surface area contributed by atoms with Gasteiger partial charge in [-0.25, -0.2) is 8.42 Å². The van der Waals surface area contributed by atoms with Crippen molar-refractivity contribution in [3.63, 3.8) is 0 Å². The number of benzene rings is 2. The van der Waals surface area contributed by atoms with E-state index in [0.717, 1.165) is 36.8 Å². The Kier molecular flexibility index (Phi) is 5.30. The van der Waals surface area contributed by atoms with E-state index in [1.54, 1.807) is 4.31 Å². The van der Waals surface area contributed by atoms with Crippen LogP contribution in [0.2, 0.25) is 0 Å². The normalized spacial score (nSPS) is 32.4. The molecule has 2 heterocycles. The lowest BCUT2D eigenvalue weighted by Gasteiger charge is -2.49. The van der Waals surface area contributed by atoms with Crippen LogP contribution in [0.1, 0.15) is 74.5 Å². The monoisotopic (exact) mass is 450 g/mol. The number of hydrogen-bond acceptors (Lipinski definition) is 3. The highest BCUT2D eigenvalue weighted by molar-refractivity contribution is 7.89. The molecule has 5 heteroatoms. The van der Waals surface area contributed by atoms with Crippen LogP contribution < -0.4 is 5.32 Å². The number of fused-ring (bicyclic) bond motifs is 5. The van der Waals surface area contributed by atoms with Crippen molar-refractivity contribution in [2.75, 3.05) is 18.4 Å². The minimum Gasteiger partial charge on any atom is -0.378 e. The largest absolute Gasteiger partial charge is 0.378 e. The molecule has 2 aromatic carbocycles. The van der Waals surface area contributed by atoms with Crippen LogP contribution in [0.25, 0.3) is 0 Å². The van der Waals surface area contributed by atoms with E-state index in [2.05, 4.69) is 35.6 Å². The molecule has 1 N–H and O–H groups in total. The van der Waals surface area contributed by atoms with E-state index in [1.807, 2.05) is 18.2 Å². The molecule has 2 saturated carbocycles. The molecule has 6 rings (SSSR count). The second-order valence-corrected chi connectivity index (χ2v) is 12.3. The van der Waals surface area contributed by atoms with Crippen LogP contribution in [0, 0.1) is 17.8 Å². The smallest absolute Gasteiger partial charge is 0.243 e. The van der Waals surface area contributed by atoms with E-state index in [0.29, 0.717) is 35.9 Å². The zero-order valence-corrected chi connectivity index (χ0v) is 19.6. The fourth-order valence-corrected chi connectivity index (χ4v) is 8.83. The highest BCUT2D eigenvalue weighted by Gasteiger charge is 2.48. The summed E-state index contributed by atoms with van der Waals surface area (Å²) in [5, 5.41) is 3.87. The van der Waals surface area contributed by atoms with Crippen molar-refractivity contribution in [2.24, 2.45) is 17.8 Å². The number of hydrogen-bond donors (Lipinski definition) is 1. The van der Waals surface area contributed by atoms with Gasteiger partial charge in [-0.2, -0.15) is 4.31 Å². The van der Waals surface area contributed by atoms with Crippen molar-refractivity contribution in [1.29, 1.82) is 0 Å². The Labute approximate surface area is 192 Å². The van der Waals surface area contributed by atoms with Crippen molar-refractivity contribution in [2.45, 2.75) is 68.2 Å². The van der Waals surface area contributed by atoms with E-state index in [-0.39, 0.29) is 0 Å². The molecule has 0 spiro atoms. The van der Waals surface area contributed by atoms with Gasteiger partial charge in [0.05, 0.1) is 10.9 Å². The molecule has 2 aliphatic heterocycles. The van der Waals surface area contributed by atoms with Gasteiger partial charge in [0.25, 0.3) is 0 Å². The van der Waals surface area contributed by atoms with Crippen LogP contribution in [0.4, 0.5) is 5.69 Å². The van der Waals surface area contributed by atoms with Crippen LogP contribution in [-0.2, 0) is 10.0 Å². The molecular formula is C27H34N2O2S. The summed E-state index contributed by atoms with van der Waals surface area (Å²) in [4.78, 5) is 0.491. The Bertz CT molecular complexity index is 1080. The molecule has 5 unspecified atom stereocenters. The summed E-state index contributed by atoms with van der Waals surface area (Å²) >= 11 is 0. The molecule has 32 heavy (non-hydrogen) atoms. The van der Waals surface area contributed by atoms with Crippen molar-refractivity contribution in [3.05, 3.63) is 59.7 Å². The van der Waals surface area contributed by atoms with Gasteiger partial charge in [0, 0.05) is 18.8 Å². The zero-order chi connectivity index (χ0) is 21.7. The maximum absolute atomic E-state index is 13.4. The van der Waals surface area contributed by atoms with Gasteiger partial charge in [-0.1, -0.05) is 49.6 Å². The molecule has 3 fully saturated rings. The fraction of sp³-hybridized carbons (Fsp3) is 0.556. The quantitative estimate of drug-likeness (QED) is 0.630. The summed E-state index contributed by atoms with van der Waals surface area (Å²) < 4.78 is 28.5. The van der Waals surface area contributed by atoms with Gasteiger partial charge < -0.3 is 5.32 Å². The van der Waals surface area contributed by atoms with Crippen molar-refractivity contribution >= 4 is 15.7 Å². The number of piperidine rings is 1. The summed E-state index contributed by atoms with van der Waals surface area (Å²) in [6.07, 6.45) is 9.57. The average molecular weight is 451 g/mol. The lowest BCUT2D eigenvalue weighted by atomic mass is 9.60. The average Bonchev–Trinajstić information content (AvgIpc) is 3.33. The predicted octanol–water partition coefficient (Wildman–Crippen LogP) is 5.94. The molecular weight excluding hydrogens is 416 g/mol. The second kappa shape index (κ2) is 8.18. The van der Waals surface area contributed by atoms with E-state index >= 15 is 0 Å². The number of rotatable bonds is 3. The predicted molar refractivity (Wildman–Crippen MR) is 128 cm³/mol. The Morgan fingerprint density at radius 3 is 2.47 bits per heavy atom. The first-order valence-electron chi connectivity index (χ1n) is 12.6. The second-order valence-electron chi connectivity index (χ2n) is 10.4. The summed E-state index contributed by atoms with van der Waals surface area (Å²) in [5.41, 5.74) is 3.74. The molecule has 0 radical (unpaired) electrons. The van der Waals surface area contributed by atoms with Gasteiger partial charge in [-0.3, -0.25) is 0 Å². The van der Waals surface area contributed by atoms with Gasteiger partial charge in [-0.05, 0) is 85.1 Å². The van der Waals surface area contributed by atoms with E-state index in [9.17, 15) is 8.42 Å². The summed E-state index contributed by atoms with van der Waals surface area (Å²) in [5.74, 6) is 2.56. The maximum Gasteiger partial charge on any atom is 0.243 e. The standard InChI is InChI=1S/C27H34N2O2S/c30-32(31,29-16-5-2-6-17-29)21-13-15-25-24(18-21)23-14-12-19-10-7-11-22(19)26(23)27(28-25)20-8-3-1-4-9-20/h1,3-4,8-9,13,15,18-19,22-23,26-28H,2,5-7,10-12,14,16-17H2. The number of anilines is 1. The van der Waals surface area contributed by atoms with E-state index in [4.69, 9.17) is 0 Å². The maximum atomic E-state index is 13.4. The lowest BCUT2D eigenvalue weighted by molar-refractivity contribution is 0.129. The van der Waals surface area contributed by atoms with Crippen molar-refractivity contribution in [3.8, 4) is 0 Å². The number of sulfonamides is 1. The highest BCUT2D eigenvalue weighted by atomic mass is 32.2. The lowest BCUT2D eigenvalue weighted by Crippen LogP contribution is -2.41.